The zero-order valence-corrected chi connectivity index (χ0v) is 19.0. The molecule has 0 radical (unpaired) electrons. The Hall–Kier alpha value is -2.85. The van der Waals surface area contributed by atoms with Gasteiger partial charge in [-0.2, -0.15) is 0 Å². The molecule has 32 heavy (non-hydrogen) atoms. The summed E-state index contributed by atoms with van der Waals surface area (Å²) in [6.45, 7) is 3.04. The first-order chi connectivity index (χ1) is 15.7. The van der Waals surface area contributed by atoms with Crippen LogP contribution in [0.25, 0.3) is 22.1 Å². The van der Waals surface area contributed by atoms with Gasteiger partial charge in [0, 0.05) is 18.1 Å². The molecule has 0 aliphatic rings. The van der Waals surface area contributed by atoms with Crippen LogP contribution in [0.5, 0.6) is 5.75 Å². The largest absolute Gasteiger partial charge is 0.493 e. The van der Waals surface area contributed by atoms with Crippen molar-refractivity contribution in [1.29, 1.82) is 0 Å². The van der Waals surface area contributed by atoms with Crippen LogP contribution in [0.15, 0.2) is 69.9 Å². The summed E-state index contributed by atoms with van der Waals surface area (Å²) in [6, 6.07) is 15.8. The fourth-order valence-electron chi connectivity index (χ4n) is 3.65. The van der Waals surface area contributed by atoms with Crippen molar-refractivity contribution in [2.75, 3.05) is 13.2 Å². The molecule has 3 aromatic rings. The summed E-state index contributed by atoms with van der Waals surface area (Å²) in [5.74, 6) is 0.703. The smallest absolute Gasteiger partial charge is 0.344 e. The molecule has 0 saturated carbocycles. The van der Waals surface area contributed by atoms with Crippen LogP contribution in [0.2, 0.25) is 0 Å². The monoisotopic (exact) mass is 434 g/mol. The second kappa shape index (κ2) is 12.9. The number of rotatable bonds is 13. The third-order valence-electron chi connectivity index (χ3n) is 5.52. The van der Waals surface area contributed by atoms with E-state index < -0.39 is 0 Å². The van der Waals surface area contributed by atoms with Gasteiger partial charge in [0.05, 0.1) is 12.2 Å². The van der Waals surface area contributed by atoms with Gasteiger partial charge in [0.1, 0.15) is 11.3 Å². The summed E-state index contributed by atoms with van der Waals surface area (Å²) in [5.41, 5.74) is 2.97. The Morgan fingerprint density at radius 1 is 0.938 bits per heavy atom. The number of allylic oxidation sites excluding steroid dienone is 2. The maximum atomic E-state index is 12.6. The summed E-state index contributed by atoms with van der Waals surface area (Å²) in [7, 11) is 0. The molecular formula is C28H34O4. The van der Waals surface area contributed by atoms with E-state index in [0.29, 0.717) is 23.5 Å². The number of ether oxygens (including phenoxy) is 1. The molecule has 0 bridgehead atoms. The number of benzene rings is 2. The highest BCUT2D eigenvalue weighted by Gasteiger charge is 2.09. The van der Waals surface area contributed by atoms with Gasteiger partial charge in [0.15, 0.2) is 0 Å². The first kappa shape index (κ1) is 23.8. The lowest BCUT2D eigenvalue weighted by molar-refractivity contribution is 0.289. The van der Waals surface area contributed by atoms with Crippen LogP contribution in [-0.4, -0.2) is 18.3 Å². The van der Waals surface area contributed by atoms with Crippen molar-refractivity contribution in [1.82, 2.24) is 0 Å². The number of hydrogen-bond donors (Lipinski definition) is 1. The summed E-state index contributed by atoms with van der Waals surface area (Å²) in [4.78, 5) is 12.6. The summed E-state index contributed by atoms with van der Waals surface area (Å²) < 4.78 is 11.4. The topological polar surface area (TPSA) is 59.7 Å². The van der Waals surface area contributed by atoms with E-state index in [1.165, 1.54) is 24.8 Å². The predicted octanol–water partition coefficient (Wildman–Crippen LogP) is 6.68. The number of unbranched alkanes of at least 4 members (excludes halogenated alkanes) is 4. The summed E-state index contributed by atoms with van der Waals surface area (Å²) in [6.07, 6.45) is 12.5. The Morgan fingerprint density at radius 3 is 2.47 bits per heavy atom. The van der Waals surface area contributed by atoms with Crippen molar-refractivity contribution in [2.45, 2.75) is 58.3 Å². The standard InChI is InChI=1S/C28H34O4/c1-2-3-8-11-22-12-14-23(15-13-22)26-20-24-16-17-25(21-27(24)32-28(26)30)31-19-10-7-5-4-6-9-18-29/h4-5,12-17,20-21,29H,2-3,6-11,18-19H2,1H3/b5-4+. The second-order valence-corrected chi connectivity index (χ2v) is 8.13. The molecule has 1 N–H and O–H groups in total. The number of hydrogen-bond acceptors (Lipinski definition) is 4. The highest BCUT2D eigenvalue weighted by molar-refractivity contribution is 5.82. The molecule has 170 valence electrons. The number of aliphatic hydroxyl groups is 1. The quantitative estimate of drug-likeness (QED) is 0.185. The van der Waals surface area contributed by atoms with Crippen LogP contribution < -0.4 is 10.4 Å². The molecule has 0 aliphatic heterocycles. The van der Waals surface area contributed by atoms with Crippen LogP contribution in [0.3, 0.4) is 0 Å². The molecule has 0 atom stereocenters. The fourth-order valence-corrected chi connectivity index (χ4v) is 3.65. The average Bonchev–Trinajstić information content (AvgIpc) is 2.81. The third kappa shape index (κ3) is 7.10. The van der Waals surface area contributed by atoms with E-state index in [2.05, 4.69) is 31.2 Å². The molecule has 0 spiro atoms. The maximum absolute atomic E-state index is 12.6. The van der Waals surface area contributed by atoms with Gasteiger partial charge in [-0.25, -0.2) is 4.79 Å². The molecule has 3 rings (SSSR count). The Balaban J connectivity index is 1.61. The van der Waals surface area contributed by atoms with Crippen molar-refractivity contribution in [2.24, 2.45) is 0 Å². The highest BCUT2D eigenvalue weighted by Crippen LogP contribution is 2.25. The normalized spacial score (nSPS) is 11.4. The molecule has 2 aromatic carbocycles. The molecule has 0 aliphatic carbocycles. The fraction of sp³-hybridized carbons (Fsp3) is 0.393. The van der Waals surface area contributed by atoms with Gasteiger partial charge in [-0.15, -0.1) is 0 Å². The molecule has 0 saturated heterocycles. The van der Waals surface area contributed by atoms with Gasteiger partial charge in [-0.3, -0.25) is 0 Å². The van der Waals surface area contributed by atoms with Crippen LogP contribution in [0.1, 0.15) is 57.4 Å². The Kier molecular flexibility index (Phi) is 9.58. The van der Waals surface area contributed by atoms with Crippen LogP contribution in [0, 0.1) is 0 Å². The molecule has 0 amide bonds. The van der Waals surface area contributed by atoms with E-state index in [1.807, 2.05) is 30.3 Å². The van der Waals surface area contributed by atoms with Gasteiger partial charge < -0.3 is 14.3 Å². The van der Waals surface area contributed by atoms with Crippen LogP contribution >= 0.6 is 0 Å². The lowest BCUT2D eigenvalue weighted by Crippen LogP contribution is -2.03. The van der Waals surface area contributed by atoms with E-state index in [-0.39, 0.29) is 12.2 Å². The first-order valence-corrected chi connectivity index (χ1v) is 11.8. The van der Waals surface area contributed by atoms with Gasteiger partial charge >= 0.3 is 5.63 Å². The van der Waals surface area contributed by atoms with Gasteiger partial charge in [0.2, 0.25) is 0 Å². The van der Waals surface area contributed by atoms with Crippen molar-refractivity contribution in [3.05, 3.63) is 76.7 Å². The lowest BCUT2D eigenvalue weighted by atomic mass is 10.0. The average molecular weight is 435 g/mol. The summed E-state index contributed by atoms with van der Waals surface area (Å²) >= 11 is 0. The predicted molar refractivity (Wildman–Crippen MR) is 131 cm³/mol. The Labute approximate surface area is 190 Å². The number of aliphatic hydroxyl groups excluding tert-OH is 1. The summed E-state index contributed by atoms with van der Waals surface area (Å²) in [5, 5.41) is 9.64. The third-order valence-corrected chi connectivity index (χ3v) is 5.52. The number of fused-ring (bicyclic) bond motifs is 1. The molecule has 4 nitrogen and oxygen atoms in total. The lowest BCUT2D eigenvalue weighted by Gasteiger charge is -2.08. The molecule has 1 aromatic heterocycles. The molecule has 1 heterocycles. The minimum atomic E-state index is -0.332. The Morgan fingerprint density at radius 2 is 1.72 bits per heavy atom. The van der Waals surface area contributed by atoms with E-state index >= 15 is 0 Å². The van der Waals surface area contributed by atoms with Crippen molar-refractivity contribution >= 4 is 11.0 Å². The van der Waals surface area contributed by atoms with E-state index in [0.717, 1.165) is 43.1 Å². The van der Waals surface area contributed by atoms with Gasteiger partial charge in [0.25, 0.3) is 0 Å². The minimum absolute atomic E-state index is 0.235. The van der Waals surface area contributed by atoms with E-state index in [1.54, 1.807) is 6.07 Å². The second-order valence-electron chi connectivity index (χ2n) is 8.13. The highest BCUT2D eigenvalue weighted by atomic mass is 16.5. The van der Waals surface area contributed by atoms with Crippen LogP contribution in [-0.2, 0) is 6.42 Å². The van der Waals surface area contributed by atoms with Gasteiger partial charge in [-0.05, 0) is 67.9 Å². The minimum Gasteiger partial charge on any atom is -0.493 e. The van der Waals surface area contributed by atoms with Gasteiger partial charge in [-0.1, -0.05) is 56.2 Å². The van der Waals surface area contributed by atoms with E-state index in [4.69, 9.17) is 14.3 Å². The Bertz CT molecular complexity index is 1050. The maximum Gasteiger partial charge on any atom is 0.344 e. The zero-order valence-electron chi connectivity index (χ0n) is 19.0. The van der Waals surface area contributed by atoms with Crippen molar-refractivity contribution in [3.8, 4) is 16.9 Å². The van der Waals surface area contributed by atoms with Crippen LogP contribution in [0.4, 0.5) is 0 Å². The van der Waals surface area contributed by atoms with E-state index in [9.17, 15) is 4.79 Å². The SMILES string of the molecule is CCCCCc1ccc(-c2cc3ccc(OCCC/C=C/CCCO)cc3oc2=O)cc1. The molecule has 0 fully saturated rings. The first-order valence-electron chi connectivity index (χ1n) is 11.8. The molecule has 4 heteroatoms. The molecule has 0 unspecified atom stereocenters. The molecular weight excluding hydrogens is 400 g/mol. The van der Waals surface area contributed by atoms with Crippen molar-refractivity contribution < 1.29 is 14.3 Å². The van der Waals surface area contributed by atoms with Crippen molar-refractivity contribution in [3.63, 3.8) is 0 Å². The zero-order chi connectivity index (χ0) is 22.6. The number of aryl methyl sites for hydroxylation is 1.